The van der Waals surface area contributed by atoms with Crippen LogP contribution in [0.3, 0.4) is 0 Å². The number of hydrogen-bond donors (Lipinski definition) is 1. The van der Waals surface area contributed by atoms with Gasteiger partial charge in [0.25, 0.3) is 0 Å². The Labute approximate surface area is 193 Å². The lowest BCUT2D eigenvalue weighted by atomic mass is 9.90. The van der Waals surface area contributed by atoms with Crippen molar-refractivity contribution in [2.75, 3.05) is 18.4 Å². The van der Waals surface area contributed by atoms with Crippen LogP contribution in [0.2, 0.25) is 0 Å². The van der Waals surface area contributed by atoms with Crippen LogP contribution in [0.25, 0.3) is 11.3 Å². The predicted molar refractivity (Wildman–Crippen MR) is 127 cm³/mol. The summed E-state index contributed by atoms with van der Waals surface area (Å²) in [6.45, 7) is 6.88. The lowest BCUT2D eigenvalue weighted by molar-refractivity contribution is 0.0198. The van der Waals surface area contributed by atoms with E-state index in [1.165, 1.54) is 12.1 Å². The van der Waals surface area contributed by atoms with Gasteiger partial charge in [-0.1, -0.05) is 6.07 Å². The second kappa shape index (κ2) is 9.57. The highest BCUT2D eigenvalue weighted by Gasteiger charge is 2.29. The molecule has 1 fully saturated rings. The molecule has 1 aromatic carbocycles. The third-order valence-corrected chi connectivity index (χ3v) is 5.45. The van der Waals surface area contributed by atoms with Crippen LogP contribution in [-0.2, 0) is 4.74 Å². The summed E-state index contributed by atoms with van der Waals surface area (Å²) in [6, 6.07) is 14.2. The van der Waals surface area contributed by atoms with Crippen LogP contribution in [0.15, 0.2) is 60.9 Å². The maximum atomic E-state index is 13.7. The van der Waals surface area contributed by atoms with Gasteiger partial charge < -0.3 is 15.0 Å². The molecule has 1 aliphatic heterocycles. The van der Waals surface area contributed by atoms with Gasteiger partial charge in [-0.2, -0.15) is 0 Å². The summed E-state index contributed by atoms with van der Waals surface area (Å²) in [5.41, 5.74) is 2.82. The lowest BCUT2D eigenvalue weighted by Crippen LogP contribution is -2.42. The van der Waals surface area contributed by atoms with Gasteiger partial charge in [0, 0.05) is 42.7 Å². The quantitative estimate of drug-likeness (QED) is 0.519. The molecule has 1 N–H and O–H groups in total. The highest BCUT2D eigenvalue weighted by molar-refractivity contribution is 5.69. The third-order valence-electron chi connectivity index (χ3n) is 5.45. The number of piperidine rings is 1. The van der Waals surface area contributed by atoms with Crippen LogP contribution in [0, 0.1) is 5.82 Å². The number of carbonyl (C=O) groups is 1. The van der Waals surface area contributed by atoms with E-state index in [4.69, 9.17) is 9.72 Å². The summed E-state index contributed by atoms with van der Waals surface area (Å²) in [5.74, 6) is 0.438. The first kappa shape index (κ1) is 22.7. The van der Waals surface area contributed by atoms with E-state index in [-0.39, 0.29) is 17.8 Å². The number of rotatable bonds is 4. The summed E-state index contributed by atoms with van der Waals surface area (Å²) in [7, 11) is 0. The van der Waals surface area contributed by atoms with Crippen LogP contribution in [-0.4, -0.2) is 39.7 Å². The van der Waals surface area contributed by atoms with E-state index in [0.29, 0.717) is 24.6 Å². The van der Waals surface area contributed by atoms with Gasteiger partial charge in [0.2, 0.25) is 0 Å². The van der Waals surface area contributed by atoms with Crippen molar-refractivity contribution >= 4 is 17.6 Å². The van der Waals surface area contributed by atoms with Gasteiger partial charge in [-0.3, -0.25) is 4.98 Å². The number of pyridine rings is 2. The monoisotopic (exact) mass is 448 g/mol. The molecule has 0 spiro atoms. The largest absolute Gasteiger partial charge is 0.444 e. The molecule has 0 radical (unpaired) electrons. The van der Waals surface area contributed by atoms with Gasteiger partial charge in [-0.15, -0.1) is 0 Å². The SMILES string of the molecule is CC(C)(C)OC(=O)N1CCCC(c2cc(Nc3cccc(F)c3)nc(-c3cccnc3)c2)C1. The predicted octanol–water partition coefficient (Wildman–Crippen LogP) is 6.14. The molecule has 3 heterocycles. The molecule has 0 bridgehead atoms. The fraction of sp³-hybridized carbons (Fsp3) is 0.346. The summed E-state index contributed by atoms with van der Waals surface area (Å²) >= 11 is 0. The van der Waals surface area contributed by atoms with Gasteiger partial charge in [0.1, 0.15) is 17.2 Å². The maximum Gasteiger partial charge on any atom is 0.410 e. The Morgan fingerprint density at radius 2 is 2.03 bits per heavy atom. The standard InChI is InChI=1S/C26H29FN4O2/c1-26(2,3)33-25(32)31-12-6-8-19(17-31)20-13-23(18-7-5-11-28-16-18)30-24(14-20)29-22-10-4-9-21(27)15-22/h4-5,7,9-11,13-16,19H,6,8,12,17H2,1-3H3,(H,29,30). The average Bonchev–Trinajstić information content (AvgIpc) is 2.78. The van der Waals surface area contributed by atoms with Gasteiger partial charge in [-0.25, -0.2) is 14.2 Å². The van der Waals surface area contributed by atoms with Crippen molar-refractivity contribution in [2.24, 2.45) is 0 Å². The van der Waals surface area contributed by atoms with Gasteiger partial charge in [0.05, 0.1) is 5.69 Å². The van der Waals surface area contributed by atoms with E-state index in [2.05, 4.69) is 16.4 Å². The number of anilines is 2. The molecule has 0 saturated carbocycles. The highest BCUT2D eigenvalue weighted by atomic mass is 19.1. The number of carbonyl (C=O) groups excluding carboxylic acids is 1. The number of halogens is 1. The van der Waals surface area contributed by atoms with E-state index in [0.717, 1.165) is 29.7 Å². The molecule has 3 aromatic rings. The zero-order valence-electron chi connectivity index (χ0n) is 19.2. The summed E-state index contributed by atoms with van der Waals surface area (Å²) in [4.78, 5) is 23.4. The minimum absolute atomic E-state index is 0.137. The van der Waals surface area contributed by atoms with Crippen molar-refractivity contribution in [1.82, 2.24) is 14.9 Å². The number of nitrogens with one attached hydrogen (secondary N) is 1. The summed E-state index contributed by atoms with van der Waals surface area (Å²) < 4.78 is 19.3. The molecule has 7 heteroatoms. The minimum Gasteiger partial charge on any atom is -0.444 e. The van der Waals surface area contributed by atoms with E-state index in [9.17, 15) is 9.18 Å². The Balaban J connectivity index is 1.64. The van der Waals surface area contributed by atoms with Crippen molar-refractivity contribution in [1.29, 1.82) is 0 Å². The molecule has 6 nitrogen and oxygen atoms in total. The zero-order valence-corrected chi connectivity index (χ0v) is 19.2. The van der Waals surface area contributed by atoms with E-state index in [1.807, 2.05) is 39.0 Å². The van der Waals surface area contributed by atoms with Crippen LogP contribution in [0.4, 0.5) is 20.7 Å². The van der Waals surface area contributed by atoms with Gasteiger partial charge in [-0.05, 0) is 81.6 Å². The van der Waals surface area contributed by atoms with Crippen molar-refractivity contribution in [3.63, 3.8) is 0 Å². The molecule has 1 aliphatic rings. The fourth-order valence-electron chi connectivity index (χ4n) is 3.97. The fourth-order valence-corrected chi connectivity index (χ4v) is 3.97. The zero-order chi connectivity index (χ0) is 23.4. The number of benzene rings is 1. The van der Waals surface area contributed by atoms with Crippen molar-refractivity contribution < 1.29 is 13.9 Å². The summed E-state index contributed by atoms with van der Waals surface area (Å²) in [5, 5.41) is 3.22. The molecule has 172 valence electrons. The topological polar surface area (TPSA) is 67.3 Å². The molecule has 4 rings (SSSR count). The van der Waals surface area contributed by atoms with Crippen LogP contribution >= 0.6 is 0 Å². The molecule has 0 aliphatic carbocycles. The van der Waals surface area contributed by atoms with Crippen LogP contribution < -0.4 is 5.32 Å². The Hall–Kier alpha value is -3.48. The molecule has 1 atom stereocenters. The molecule has 2 aromatic heterocycles. The third kappa shape index (κ3) is 6.06. The second-order valence-electron chi connectivity index (χ2n) is 9.31. The van der Waals surface area contributed by atoms with E-state index < -0.39 is 5.60 Å². The molecule has 33 heavy (non-hydrogen) atoms. The Morgan fingerprint density at radius 1 is 1.18 bits per heavy atom. The first-order chi connectivity index (χ1) is 15.8. The first-order valence-electron chi connectivity index (χ1n) is 11.2. The van der Waals surface area contributed by atoms with Crippen molar-refractivity contribution in [2.45, 2.75) is 45.1 Å². The van der Waals surface area contributed by atoms with Crippen molar-refractivity contribution in [3.05, 3.63) is 72.3 Å². The van der Waals surface area contributed by atoms with Crippen LogP contribution in [0.1, 0.15) is 45.1 Å². The lowest BCUT2D eigenvalue weighted by Gasteiger charge is -2.34. The Kier molecular flexibility index (Phi) is 6.58. The first-order valence-corrected chi connectivity index (χ1v) is 11.2. The molecular formula is C26H29FN4O2. The number of nitrogens with zero attached hydrogens (tertiary/aromatic N) is 3. The minimum atomic E-state index is -0.532. The average molecular weight is 449 g/mol. The smallest absolute Gasteiger partial charge is 0.410 e. The Morgan fingerprint density at radius 3 is 2.76 bits per heavy atom. The number of likely N-dealkylation sites (tertiary alicyclic amines) is 1. The Bertz CT molecular complexity index is 1110. The second-order valence-corrected chi connectivity index (χ2v) is 9.31. The highest BCUT2D eigenvalue weighted by Crippen LogP contribution is 2.32. The number of hydrogen-bond acceptors (Lipinski definition) is 5. The van der Waals surface area contributed by atoms with Crippen LogP contribution in [0.5, 0.6) is 0 Å². The maximum absolute atomic E-state index is 13.7. The number of aromatic nitrogens is 2. The normalized spacial score (nSPS) is 16.4. The van der Waals surface area contributed by atoms with Gasteiger partial charge >= 0.3 is 6.09 Å². The van der Waals surface area contributed by atoms with E-state index >= 15 is 0 Å². The molecule has 1 saturated heterocycles. The molecular weight excluding hydrogens is 419 g/mol. The molecule has 1 amide bonds. The molecule has 1 unspecified atom stereocenters. The van der Waals surface area contributed by atoms with E-state index in [1.54, 1.807) is 29.4 Å². The van der Waals surface area contributed by atoms with Crippen molar-refractivity contribution in [3.8, 4) is 11.3 Å². The summed E-state index contributed by atoms with van der Waals surface area (Å²) in [6.07, 6.45) is 5.05. The van der Waals surface area contributed by atoms with Gasteiger partial charge in [0.15, 0.2) is 0 Å². The number of ether oxygens (including phenoxy) is 1. The number of amides is 1.